The number of benzene rings is 1. The van der Waals surface area contributed by atoms with E-state index in [1.807, 2.05) is 38.1 Å². The molecule has 1 amide bonds. The Hall–Kier alpha value is -1.64. The number of nitrogens with one attached hydrogen (secondary N) is 1. The first-order valence-electron chi connectivity index (χ1n) is 9.57. The summed E-state index contributed by atoms with van der Waals surface area (Å²) in [7, 11) is -2.03. The van der Waals surface area contributed by atoms with Gasteiger partial charge in [0.1, 0.15) is 5.75 Å². The number of hydrogen-bond acceptors (Lipinski definition) is 4. The average molecular weight is 398 g/mol. The number of ether oxygens (including phenoxy) is 1. The summed E-state index contributed by atoms with van der Waals surface area (Å²) in [6.45, 7) is 4.98. The quantitative estimate of drug-likeness (QED) is 0.694. The monoisotopic (exact) mass is 397 g/mol. The van der Waals surface area contributed by atoms with E-state index in [1.165, 1.54) is 8.61 Å². The molecule has 0 aliphatic carbocycles. The van der Waals surface area contributed by atoms with Crippen molar-refractivity contribution in [1.29, 1.82) is 0 Å². The second-order valence-electron chi connectivity index (χ2n) is 6.83. The van der Waals surface area contributed by atoms with E-state index in [1.54, 1.807) is 7.11 Å². The minimum atomic E-state index is -3.61. The Balaban J connectivity index is 2.05. The van der Waals surface area contributed by atoms with Gasteiger partial charge in [-0.2, -0.15) is 17.0 Å². The van der Waals surface area contributed by atoms with Crippen molar-refractivity contribution >= 4 is 16.1 Å². The number of carbonyl (C=O) groups excluding carboxylic acids is 1. The summed E-state index contributed by atoms with van der Waals surface area (Å²) in [5, 5.41) is 2.89. The molecule has 1 atom stereocenters. The summed E-state index contributed by atoms with van der Waals surface area (Å²) in [4.78, 5) is 12.6. The molecule has 1 aliphatic heterocycles. The number of nitrogens with zero attached hydrogens (tertiary/aromatic N) is 2. The van der Waals surface area contributed by atoms with Crippen LogP contribution in [0.25, 0.3) is 0 Å². The van der Waals surface area contributed by atoms with Crippen molar-refractivity contribution in [3.8, 4) is 5.75 Å². The van der Waals surface area contributed by atoms with Crippen molar-refractivity contribution in [2.75, 3.05) is 33.3 Å². The predicted molar refractivity (Wildman–Crippen MR) is 106 cm³/mol. The van der Waals surface area contributed by atoms with Gasteiger partial charge in [0.15, 0.2) is 0 Å². The summed E-state index contributed by atoms with van der Waals surface area (Å²) in [6, 6.07) is 7.19. The van der Waals surface area contributed by atoms with E-state index in [-0.39, 0.29) is 18.5 Å². The second kappa shape index (κ2) is 10.1. The Kier molecular flexibility index (Phi) is 8.07. The third kappa shape index (κ3) is 5.67. The zero-order chi connectivity index (χ0) is 19.9. The van der Waals surface area contributed by atoms with E-state index in [0.29, 0.717) is 31.8 Å². The summed E-state index contributed by atoms with van der Waals surface area (Å²) in [5.41, 5.74) is 0.856. The van der Waals surface area contributed by atoms with E-state index in [2.05, 4.69) is 5.32 Å². The van der Waals surface area contributed by atoms with Crippen LogP contribution in [-0.4, -0.2) is 56.2 Å². The molecule has 27 heavy (non-hydrogen) atoms. The number of methoxy groups -OCH3 is 1. The standard InChI is InChI=1S/C19H31N3O4S/c1-4-12-22(27(24,25)21-13-8-5-9-14-21)15-19(23)20-16(2)17-10-6-7-11-18(17)26-3/h6-7,10-11,16H,4-5,8-9,12-15H2,1-3H3,(H,20,23)/t16-/m1/s1. The van der Waals surface area contributed by atoms with E-state index >= 15 is 0 Å². The van der Waals surface area contributed by atoms with Gasteiger partial charge in [0.2, 0.25) is 5.91 Å². The van der Waals surface area contributed by atoms with Crippen molar-refractivity contribution in [2.24, 2.45) is 0 Å². The lowest BCUT2D eigenvalue weighted by molar-refractivity contribution is -0.122. The highest BCUT2D eigenvalue weighted by molar-refractivity contribution is 7.86. The highest BCUT2D eigenvalue weighted by Gasteiger charge is 2.31. The van der Waals surface area contributed by atoms with Gasteiger partial charge in [-0.3, -0.25) is 4.79 Å². The number of hydrogen-bond donors (Lipinski definition) is 1. The van der Waals surface area contributed by atoms with Gasteiger partial charge in [0.05, 0.1) is 19.7 Å². The Labute approximate surface area is 162 Å². The van der Waals surface area contributed by atoms with E-state index in [4.69, 9.17) is 4.74 Å². The number of piperidine rings is 1. The van der Waals surface area contributed by atoms with Crippen molar-refractivity contribution in [1.82, 2.24) is 13.9 Å². The van der Waals surface area contributed by atoms with Gasteiger partial charge >= 0.3 is 0 Å². The lowest BCUT2D eigenvalue weighted by Crippen LogP contribution is -2.49. The number of para-hydroxylation sites is 1. The van der Waals surface area contributed by atoms with Crippen LogP contribution in [0.5, 0.6) is 5.75 Å². The van der Waals surface area contributed by atoms with Crippen LogP contribution in [0.2, 0.25) is 0 Å². The average Bonchev–Trinajstić information content (AvgIpc) is 2.68. The van der Waals surface area contributed by atoms with Gasteiger partial charge in [-0.25, -0.2) is 0 Å². The van der Waals surface area contributed by atoms with Crippen LogP contribution in [0.15, 0.2) is 24.3 Å². The van der Waals surface area contributed by atoms with E-state index < -0.39 is 10.2 Å². The molecule has 0 unspecified atom stereocenters. The zero-order valence-corrected chi connectivity index (χ0v) is 17.3. The van der Waals surface area contributed by atoms with Gasteiger partial charge in [-0.15, -0.1) is 0 Å². The number of carbonyl (C=O) groups is 1. The maximum absolute atomic E-state index is 12.9. The lowest BCUT2D eigenvalue weighted by atomic mass is 10.1. The van der Waals surface area contributed by atoms with Crippen LogP contribution in [0.3, 0.4) is 0 Å². The fourth-order valence-corrected chi connectivity index (χ4v) is 5.07. The first kappa shape index (κ1) is 21.7. The summed E-state index contributed by atoms with van der Waals surface area (Å²) >= 11 is 0. The van der Waals surface area contributed by atoms with Crippen molar-refractivity contribution < 1.29 is 17.9 Å². The smallest absolute Gasteiger partial charge is 0.282 e. The van der Waals surface area contributed by atoms with Crippen molar-refractivity contribution in [3.05, 3.63) is 29.8 Å². The molecule has 0 radical (unpaired) electrons. The Bertz CT molecular complexity index is 717. The summed E-state index contributed by atoms with van der Waals surface area (Å²) in [6.07, 6.45) is 3.45. The molecule has 152 valence electrons. The molecule has 7 nitrogen and oxygen atoms in total. The molecule has 1 N–H and O–H groups in total. The second-order valence-corrected chi connectivity index (χ2v) is 8.76. The molecule has 1 saturated heterocycles. The number of rotatable bonds is 9. The molecular weight excluding hydrogens is 366 g/mol. The summed E-state index contributed by atoms with van der Waals surface area (Å²) < 4.78 is 34.0. The molecule has 0 spiro atoms. The molecular formula is C19H31N3O4S. The van der Waals surface area contributed by atoms with Crippen LogP contribution >= 0.6 is 0 Å². The third-order valence-corrected chi connectivity index (χ3v) is 6.73. The van der Waals surface area contributed by atoms with Crippen LogP contribution < -0.4 is 10.1 Å². The minimum Gasteiger partial charge on any atom is -0.496 e. The number of amides is 1. The Morgan fingerprint density at radius 1 is 1.26 bits per heavy atom. The van der Waals surface area contributed by atoms with Gasteiger partial charge in [0.25, 0.3) is 10.2 Å². The highest BCUT2D eigenvalue weighted by atomic mass is 32.2. The fraction of sp³-hybridized carbons (Fsp3) is 0.632. The Morgan fingerprint density at radius 3 is 2.56 bits per heavy atom. The molecule has 0 saturated carbocycles. The van der Waals surface area contributed by atoms with Crippen molar-refractivity contribution in [2.45, 2.75) is 45.6 Å². The molecule has 1 aromatic carbocycles. The molecule has 0 bridgehead atoms. The summed E-state index contributed by atoms with van der Waals surface area (Å²) in [5.74, 6) is 0.374. The maximum Gasteiger partial charge on any atom is 0.282 e. The van der Waals surface area contributed by atoms with Gasteiger partial charge < -0.3 is 10.1 Å². The minimum absolute atomic E-state index is 0.174. The molecule has 1 heterocycles. The van der Waals surface area contributed by atoms with Crippen LogP contribution in [0.1, 0.15) is 51.1 Å². The normalized spacial score (nSPS) is 16.9. The largest absolute Gasteiger partial charge is 0.496 e. The zero-order valence-electron chi connectivity index (χ0n) is 16.5. The van der Waals surface area contributed by atoms with Gasteiger partial charge in [-0.1, -0.05) is 31.5 Å². The Morgan fingerprint density at radius 2 is 1.93 bits per heavy atom. The first-order chi connectivity index (χ1) is 12.9. The van der Waals surface area contributed by atoms with Gasteiger partial charge in [-0.05, 0) is 32.3 Å². The first-order valence-corrected chi connectivity index (χ1v) is 11.0. The predicted octanol–water partition coefficient (Wildman–Crippen LogP) is 2.32. The fourth-order valence-electron chi connectivity index (χ4n) is 3.33. The third-order valence-electron chi connectivity index (χ3n) is 4.74. The molecule has 0 aromatic heterocycles. The van der Waals surface area contributed by atoms with Gasteiger partial charge in [0, 0.05) is 25.2 Å². The molecule has 1 aromatic rings. The molecule has 8 heteroatoms. The highest BCUT2D eigenvalue weighted by Crippen LogP contribution is 2.24. The van der Waals surface area contributed by atoms with Crippen LogP contribution in [0.4, 0.5) is 0 Å². The van der Waals surface area contributed by atoms with Crippen LogP contribution in [-0.2, 0) is 15.0 Å². The topological polar surface area (TPSA) is 79.0 Å². The van der Waals surface area contributed by atoms with Crippen LogP contribution in [0, 0.1) is 0 Å². The van der Waals surface area contributed by atoms with Crippen molar-refractivity contribution in [3.63, 3.8) is 0 Å². The lowest BCUT2D eigenvalue weighted by Gasteiger charge is -2.32. The SMILES string of the molecule is CCCN(CC(=O)N[C@H](C)c1ccccc1OC)S(=O)(=O)N1CCCCC1. The molecule has 1 aliphatic rings. The van der Waals surface area contributed by atoms with E-state index in [9.17, 15) is 13.2 Å². The maximum atomic E-state index is 12.9. The van der Waals surface area contributed by atoms with E-state index in [0.717, 1.165) is 24.8 Å². The molecule has 2 rings (SSSR count). The molecule has 1 fully saturated rings.